The highest BCUT2D eigenvalue weighted by molar-refractivity contribution is 7.25. The van der Waals surface area contributed by atoms with Gasteiger partial charge in [0.1, 0.15) is 16.1 Å². The Bertz CT molecular complexity index is 1210. The van der Waals surface area contributed by atoms with Gasteiger partial charge < -0.3 is 5.32 Å². The fraction of sp³-hybridized carbons (Fsp3) is 0.238. The summed E-state index contributed by atoms with van der Waals surface area (Å²) >= 11 is 1.32. The molecule has 4 aromatic rings. The monoisotopic (exact) mass is 392 g/mol. The first kappa shape index (κ1) is 18.3. The molecule has 142 valence electrons. The van der Waals surface area contributed by atoms with Crippen LogP contribution in [-0.2, 0) is 11.3 Å². The van der Waals surface area contributed by atoms with Crippen molar-refractivity contribution < 1.29 is 4.79 Å². The standard InChI is InChI=1S/C21H20N4O2S/c1-3-13(2)23-17(26)11-25-12-22-18-15-9-10-16(14-7-5-4-6-8-14)24-20(15)28-19(18)21(25)27/h4-10,12-13H,3,11H2,1-2H3,(H,23,26). The maximum Gasteiger partial charge on any atom is 0.271 e. The fourth-order valence-corrected chi connectivity index (χ4v) is 4.08. The first-order valence-corrected chi connectivity index (χ1v) is 10.0. The van der Waals surface area contributed by atoms with E-state index in [4.69, 9.17) is 4.98 Å². The van der Waals surface area contributed by atoms with E-state index in [1.165, 1.54) is 22.2 Å². The topological polar surface area (TPSA) is 76.9 Å². The molecule has 3 aromatic heterocycles. The van der Waals surface area contributed by atoms with Gasteiger partial charge >= 0.3 is 0 Å². The van der Waals surface area contributed by atoms with Crippen molar-refractivity contribution in [2.45, 2.75) is 32.9 Å². The van der Waals surface area contributed by atoms with E-state index in [-0.39, 0.29) is 24.1 Å². The lowest BCUT2D eigenvalue weighted by molar-refractivity contribution is -0.122. The van der Waals surface area contributed by atoms with Gasteiger partial charge in [0.2, 0.25) is 5.91 Å². The minimum absolute atomic E-state index is 0.0386. The molecule has 0 aliphatic carbocycles. The van der Waals surface area contributed by atoms with Crippen LogP contribution in [0.5, 0.6) is 0 Å². The van der Waals surface area contributed by atoms with Crippen LogP contribution in [0.1, 0.15) is 20.3 Å². The number of thiophene rings is 1. The van der Waals surface area contributed by atoms with Gasteiger partial charge in [-0.1, -0.05) is 37.3 Å². The second-order valence-corrected chi connectivity index (χ2v) is 7.75. The summed E-state index contributed by atoms with van der Waals surface area (Å²) in [7, 11) is 0. The number of aromatic nitrogens is 3. The third kappa shape index (κ3) is 3.41. The minimum atomic E-state index is -0.214. The number of hydrogen-bond donors (Lipinski definition) is 1. The highest BCUT2D eigenvalue weighted by Crippen LogP contribution is 2.31. The summed E-state index contributed by atoms with van der Waals surface area (Å²) in [5, 5.41) is 3.72. The third-order valence-electron chi connectivity index (χ3n) is 4.71. The number of benzene rings is 1. The van der Waals surface area contributed by atoms with Gasteiger partial charge in [0, 0.05) is 17.0 Å². The van der Waals surface area contributed by atoms with Gasteiger partial charge in [-0.15, -0.1) is 11.3 Å². The zero-order valence-corrected chi connectivity index (χ0v) is 16.5. The van der Waals surface area contributed by atoms with E-state index >= 15 is 0 Å². The Morgan fingerprint density at radius 3 is 2.75 bits per heavy atom. The lowest BCUT2D eigenvalue weighted by Gasteiger charge is -2.11. The zero-order chi connectivity index (χ0) is 19.7. The summed E-state index contributed by atoms with van der Waals surface area (Å²) in [6, 6.07) is 13.9. The summed E-state index contributed by atoms with van der Waals surface area (Å²) in [4.78, 5) is 34.9. The first-order valence-electron chi connectivity index (χ1n) is 9.20. The number of carbonyl (C=O) groups is 1. The van der Waals surface area contributed by atoms with E-state index in [2.05, 4.69) is 10.3 Å². The summed E-state index contributed by atoms with van der Waals surface area (Å²) in [5.41, 5.74) is 2.30. The molecule has 0 aliphatic heterocycles. The summed E-state index contributed by atoms with van der Waals surface area (Å²) in [6.45, 7) is 3.89. The van der Waals surface area contributed by atoms with Crippen LogP contribution in [0.3, 0.4) is 0 Å². The smallest absolute Gasteiger partial charge is 0.271 e. The molecule has 6 nitrogen and oxygen atoms in total. The number of pyridine rings is 1. The van der Waals surface area contributed by atoms with Gasteiger partial charge in [0.25, 0.3) is 5.56 Å². The van der Waals surface area contributed by atoms with Crippen LogP contribution >= 0.6 is 11.3 Å². The van der Waals surface area contributed by atoms with Crippen LogP contribution in [0.15, 0.2) is 53.6 Å². The fourth-order valence-electron chi connectivity index (χ4n) is 3.01. The van der Waals surface area contributed by atoms with Gasteiger partial charge in [0.15, 0.2) is 0 Å². The lowest BCUT2D eigenvalue weighted by Crippen LogP contribution is -2.37. The van der Waals surface area contributed by atoms with E-state index in [1.54, 1.807) is 0 Å². The van der Waals surface area contributed by atoms with Gasteiger partial charge in [-0.25, -0.2) is 9.97 Å². The molecule has 1 atom stereocenters. The van der Waals surface area contributed by atoms with Crippen molar-refractivity contribution in [2.75, 3.05) is 0 Å². The molecule has 28 heavy (non-hydrogen) atoms. The maximum atomic E-state index is 12.9. The summed E-state index contributed by atoms with van der Waals surface area (Å²) < 4.78 is 1.87. The Balaban J connectivity index is 1.73. The van der Waals surface area contributed by atoms with Crippen LogP contribution in [0.2, 0.25) is 0 Å². The van der Waals surface area contributed by atoms with E-state index in [1.807, 2.05) is 56.3 Å². The number of nitrogens with zero attached hydrogens (tertiary/aromatic N) is 3. The normalized spacial score (nSPS) is 12.4. The Morgan fingerprint density at radius 1 is 1.21 bits per heavy atom. The molecule has 0 spiro atoms. The molecule has 1 amide bonds. The molecule has 1 aromatic carbocycles. The van der Waals surface area contributed by atoms with Gasteiger partial charge in [-0.05, 0) is 25.5 Å². The molecule has 0 radical (unpaired) electrons. The Hall–Kier alpha value is -3.06. The number of fused-ring (bicyclic) bond motifs is 3. The lowest BCUT2D eigenvalue weighted by atomic mass is 10.1. The van der Waals surface area contributed by atoms with Crippen LogP contribution < -0.4 is 10.9 Å². The van der Waals surface area contributed by atoms with Crippen molar-refractivity contribution in [2.24, 2.45) is 0 Å². The van der Waals surface area contributed by atoms with Gasteiger partial charge in [-0.3, -0.25) is 14.2 Å². The van der Waals surface area contributed by atoms with Crippen molar-refractivity contribution in [3.05, 3.63) is 59.1 Å². The average Bonchev–Trinajstić information content (AvgIpc) is 3.09. The molecule has 0 saturated heterocycles. The summed E-state index contributed by atoms with van der Waals surface area (Å²) in [6.07, 6.45) is 2.28. The van der Waals surface area contributed by atoms with Gasteiger partial charge in [-0.2, -0.15) is 0 Å². The molecule has 4 rings (SSSR count). The number of rotatable bonds is 5. The van der Waals surface area contributed by atoms with Crippen LogP contribution in [-0.4, -0.2) is 26.5 Å². The average molecular weight is 392 g/mol. The molecule has 0 bridgehead atoms. The molecule has 0 aliphatic rings. The van der Waals surface area contributed by atoms with Crippen molar-refractivity contribution in [3.8, 4) is 11.3 Å². The number of hydrogen-bond acceptors (Lipinski definition) is 5. The molecule has 1 N–H and O–H groups in total. The molecule has 3 heterocycles. The highest BCUT2D eigenvalue weighted by Gasteiger charge is 2.15. The number of carbonyl (C=O) groups excluding carboxylic acids is 1. The Labute approximate surface area is 165 Å². The largest absolute Gasteiger partial charge is 0.352 e. The van der Waals surface area contributed by atoms with Crippen LogP contribution in [0.4, 0.5) is 0 Å². The minimum Gasteiger partial charge on any atom is -0.352 e. The second-order valence-electron chi connectivity index (χ2n) is 6.75. The number of amides is 1. The molecule has 7 heteroatoms. The Kier molecular flexibility index (Phi) is 4.92. The van der Waals surface area contributed by atoms with Crippen molar-refractivity contribution in [1.29, 1.82) is 0 Å². The molecule has 0 saturated carbocycles. The SMILES string of the molecule is CCC(C)NC(=O)Cn1cnc2c(sc3nc(-c4ccccc4)ccc32)c1=O. The zero-order valence-electron chi connectivity index (χ0n) is 15.7. The quantitative estimate of drug-likeness (QED) is 0.563. The third-order valence-corrected chi connectivity index (χ3v) is 5.79. The first-order chi connectivity index (χ1) is 13.6. The van der Waals surface area contributed by atoms with Crippen molar-refractivity contribution in [3.63, 3.8) is 0 Å². The summed E-state index contributed by atoms with van der Waals surface area (Å²) in [5.74, 6) is -0.191. The van der Waals surface area contributed by atoms with E-state index < -0.39 is 0 Å². The van der Waals surface area contributed by atoms with Gasteiger partial charge in [0.05, 0.1) is 17.5 Å². The molecular formula is C21H20N4O2S. The van der Waals surface area contributed by atoms with E-state index in [0.717, 1.165) is 27.9 Å². The predicted octanol–water partition coefficient (Wildman–Crippen LogP) is 3.59. The number of nitrogens with one attached hydrogen (secondary N) is 1. The maximum absolute atomic E-state index is 12.9. The highest BCUT2D eigenvalue weighted by atomic mass is 32.1. The van der Waals surface area contributed by atoms with Crippen LogP contribution in [0.25, 0.3) is 31.7 Å². The second kappa shape index (κ2) is 7.52. The van der Waals surface area contributed by atoms with Crippen molar-refractivity contribution >= 4 is 37.7 Å². The van der Waals surface area contributed by atoms with E-state index in [0.29, 0.717) is 10.2 Å². The molecule has 1 unspecified atom stereocenters. The molecular weight excluding hydrogens is 372 g/mol. The van der Waals surface area contributed by atoms with Crippen LogP contribution in [0, 0.1) is 0 Å². The molecule has 0 fully saturated rings. The predicted molar refractivity (Wildman–Crippen MR) is 113 cm³/mol. The van der Waals surface area contributed by atoms with Crippen molar-refractivity contribution in [1.82, 2.24) is 19.9 Å². The van der Waals surface area contributed by atoms with E-state index in [9.17, 15) is 9.59 Å². The Morgan fingerprint density at radius 2 is 2.00 bits per heavy atom.